The number of aromatic nitrogens is 2. The van der Waals surface area contributed by atoms with Gasteiger partial charge in [-0.3, -0.25) is 14.9 Å². The Morgan fingerprint density at radius 3 is 2.68 bits per heavy atom. The van der Waals surface area contributed by atoms with E-state index in [1.165, 1.54) is 37.0 Å². The molecule has 4 unspecified atom stereocenters. The van der Waals surface area contributed by atoms with Crippen LogP contribution in [0.3, 0.4) is 0 Å². The Bertz CT molecular complexity index is 618. The molecule has 2 N–H and O–H groups in total. The highest BCUT2D eigenvalue weighted by molar-refractivity contribution is 7.15. The molecule has 2 aliphatic carbocycles. The predicted molar refractivity (Wildman–Crippen MR) is 98.3 cm³/mol. The van der Waals surface area contributed by atoms with Gasteiger partial charge in [0.05, 0.1) is 0 Å². The van der Waals surface area contributed by atoms with Gasteiger partial charge in [0.25, 0.3) is 0 Å². The Morgan fingerprint density at radius 1 is 1.24 bits per heavy atom. The predicted octanol–water partition coefficient (Wildman–Crippen LogP) is 3.15. The summed E-state index contributed by atoms with van der Waals surface area (Å²) in [6.07, 6.45) is 7.93. The van der Waals surface area contributed by atoms with Crippen molar-refractivity contribution in [1.82, 2.24) is 15.5 Å². The van der Waals surface area contributed by atoms with E-state index >= 15 is 0 Å². The second-order valence-corrected chi connectivity index (χ2v) is 8.45. The monoisotopic (exact) mass is 364 g/mol. The molecule has 2 bridgehead atoms. The number of carbonyl (C=O) groups excluding carboxylic acids is 2. The molecule has 7 heteroatoms. The van der Waals surface area contributed by atoms with Gasteiger partial charge in [-0.05, 0) is 49.9 Å². The normalized spacial score (nSPS) is 25.8. The van der Waals surface area contributed by atoms with Gasteiger partial charge < -0.3 is 5.32 Å². The molecule has 25 heavy (non-hydrogen) atoms. The average Bonchev–Trinajstić information content (AvgIpc) is 3.30. The molecule has 1 aromatic rings. The van der Waals surface area contributed by atoms with E-state index in [4.69, 9.17) is 0 Å². The molecule has 6 nitrogen and oxygen atoms in total. The number of nitrogens with zero attached hydrogens (tertiary/aromatic N) is 2. The molecule has 2 aliphatic rings. The first-order valence-electron chi connectivity index (χ1n) is 9.51. The SMILES string of the molecule is CCCC(NC(=O)CC1CC2CCC1C2)C(=O)Nc1nnc(CC)s1. The number of carbonyl (C=O) groups is 2. The summed E-state index contributed by atoms with van der Waals surface area (Å²) >= 11 is 1.38. The number of fused-ring (bicyclic) bond motifs is 2. The van der Waals surface area contributed by atoms with Gasteiger partial charge in [-0.25, -0.2) is 0 Å². The van der Waals surface area contributed by atoms with Crippen LogP contribution in [0.4, 0.5) is 5.13 Å². The zero-order valence-electron chi connectivity index (χ0n) is 15.1. The summed E-state index contributed by atoms with van der Waals surface area (Å²) in [5, 5.41) is 15.1. The Kier molecular flexibility index (Phi) is 6.04. The minimum Gasteiger partial charge on any atom is -0.344 e. The van der Waals surface area contributed by atoms with Crippen molar-refractivity contribution in [3.8, 4) is 0 Å². The van der Waals surface area contributed by atoms with Gasteiger partial charge in [0.1, 0.15) is 11.0 Å². The maximum Gasteiger partial charge on any atom is 0.248 e. The Labute approximate surface area is 153 Å². The van der Waals surface area contributed by atoms with E-state index < -0.39 is 6.04 Å². The largest absolute Gasteiger partial charge is 0.344 e. The van der Waals surface area contributed by atoms with Gasteiger partial charge >= 0.3 is 0 Å². The van der Waals surface area contributed by atoms with E-state index in [0.717, 1.165) is 29.7 Å². The van der Waals surface area contributed by atoms with Crippen LogP contribution in [0, 0.1) is 17.8 Å². The summed E-state index contributed by atoms with van der Waals surface area (Å²) in [5.74, 6) is 1.89. The number of amides is 2. The van der Waals surface area contributed by atoms with Crippen molar-refractivity contribution in [3.05, 3.63) is 5.01 Å². The first-order valence-corrected chi connectivity index (χ1v) is 10.3. The third-order valence-electron chi connectivity index (χ3n) is 5.56. The highest BCUT2D eigenvalue weighted by atomic mass is 32.1. The summed E-state index contributed by atoms with van der Waals surface area (Å²) in [5.41, 5.74) is 0. The van der Waals surface area contributed by atoms with Crippen molar-refractivity contribution in [3.63, 3.8) is 0 Å². The molecule has 138 valence electrons. The zero-order chi connectivity index (χ0) is 17.8. The van der Waals surface area contributed by atoms with Crippen LogP contribution in [0.1, 0.15) is 63.8 Å². The van der Waals surface area contributed by atoms with Gasteiger partial charge in [0.15, 0.2) is 0 Å². The molecule has 0 saturated heterocycles. The van der Waals surface area contributed by atoms with E-state index in [-0.39, 0.29) is 11.8 Å². The maximum absolute atomic E-state index is 12.5. The summed E-state index contributed by atoms with van der Waals surface area (Å²) < 4.78 is 0. The van der Waals surface area contributed by atoms with Crippen LogP contribution in [0.2, 0.25) is 0 Å². The fourth-order valence-corrected chi connectivity index (χ4v) is 5.00. The van der Waals surface area contributed by atoms with Gasteiger partial charge in [-0.15, -0.1) is 10.2 Å². The lowest BCUT2D eigenvalue weighted by atomic mass is 9.86. The van der Waals surface area contributed by atoms with Crippen molar-refractivity contribution in [2.24, 2.45) is 17.8 Å². The lowest BCUT2D eigenvalue weighted by Gasteiger charge is -2.23. The molecule has 1 aromatic heterocycles. The topological polar surface area (TPSA) is 84.0 Å². The van der Waals surface area contributed by atoms with Crippen molar-refractivity contribution in [1.29, 1.82) is 0 Å². The second-order valence-electron chi connectivity index (χ2n) is 7.39. The molecular formula is C18H28N4O2S. The minimum atomic E-state index is -0.495. The molecule has 2 saturated carbocycles. The fourth-order valence-electron chi connectivity index (χ4n) is 4.31. The lowest BCUT2D eigenvalue weighted by molar-refractivity contribution is -0.127. The molecule has 2 fully saturated rings. The van der Waals surface area contributed by atoms with Crippen LogP contribution in [-0.2, 0) is 16.0 Å². The molecule has 0 spiro atoms. The zero-order valence-corrected chi connectivity index (χ0v) is 15.9. The molecule has 1 heterocycles. The molecule has 3 rings (SSSR count). The van der Waals surface area contributed by atoms with Gasteiger partial charge in [-0.1, -0.05) is 38.0 Å². The summed E-state index contributed by atoms with van der Waals surface area (Å²) in [4.78, 5) is 25.0. The van der Waals surface area contributed by atoms with Crippen LogP contribution in [0.25, 0.3) is 0 Å². The highest BCUT2D eigenvalue weighted by Crippen LogP contribution is 2.49. The first kappa shape index (κ1) is 18.3. The molecule has 0 aromatic carbocycles. The smallest absolute Gasteiger partial charge is 0.248 e. The fraction of sp³-hybridized carbons (Fsp3) is 0.778. The van der Waals surface area contributed by atoms with Crippen molar-refractivity contribution in [2.75, 3.05) is 5.32 Å². The maximum atomic E-state index is 12.5. The van der Waals surface area contributed by atoms with Crippen LogP contribution in [0.15, 0.2) is 0 Å². The van der Waals surface area contributed by atoms with Crippen molar-refractivity contribution < 1.29 is 9.59 Å². The molecule has 0 radical (unpaired) electrons. The molecular weight excluding hydrogens is 336 g/mol. The number of hydrogen-bond acceptors (Lipinski definition) is 5. The number of rotatable bonds is 8. The third kappa shape index (κ3) is 4.57. The Balaban J connectivity index is 1.52. The number of hydrogen-bond donors (Lipinski definition) is 2. The quantitative estimate of drug-likeness (QED) is 0.742. The first-order chi connectivity index (χ1) is 12.1. The van der Waals surface area contributed by atoms with E-state index in [0.29, 0.717) is 23.9 Å². The van der Waals surface area contributed by atoms with E-state index in [1.807, 2.05) is 13.8 Å². The third-order valence-corrected chi connectivity index (χ3v) is 6.54. The van der Waals surface area contributed by atoms with Crippen LogP contribution >= 0.6 is 11.3 Å². The number of anilines is 1. The summed E-state index contributed by atoms with van der Waals surface area (Å²) in [7, 11) is 0. The lowest BCUT2D eigenvalue weighted by Crippen LogP contribution is -2.44. The molecule has 4 atom stereocenters. The molecule has 0 aliphatic heterocycles. The van der Waals surface area contributed by atoms with Crippen molar-refractivity contribution >= 4 is 28.3 Å². The standard InChI is InChI=1S/C18H28N4O2S/c1-3-5-14(17(24)20-18-22-21-16(4-2)25-18)19-15(23)10-13-9-11-6-7-12(13)8-11/h11-14H,3-10H2,1-2H3,(H,19,23)(H,20,22,24). The van der Waals surface area contributed by atoms with E-state index in [9.17, 15) is 9.59 Å². The van der Waals surface area contributed by atoms with Gasteiger partial charge in [-0.2, -0.15) is 0 Å². The minimum absolute atomic E-state index is 0.0117. The number of nitrogens with one attached hydrogen (secondary N) is 2. The Hall–Kier alpha value is -1.50. The van der Waals surface area contributed by atoms with Gasteiger partial charge in [0, 0.05) is 6.42 Å². The van der Waals surface area contributed by atoms with E-state index in [2.05, 4.69) is 20.8 Å². The van der Waals surface area contributed by atoms with Crippen molar-refractivity contribution in [2.45, 2.75) is 71.3 Å². The van der Waals surface area contributed by atoms with Crippen LogP contribution < -0.4 is 10.6 Å². The molecule has 2 amide bonds. The van der Waals surface area contributed by atoms with E-state index in [1.54, 1.807) is 0 Å². The average molecular weight is 365 g/mol. The Morgan fingerprint density at radius 2 is 2.08 bits per heavy atom. The van der Waals surface area contributed by atoms with Crippen LogP contribution in [-0.4, -0.2) is 28.1 Å². The van der Waals surface area contributed by atoms with Crippen LogP contribution in [0.5, 0.6) is 0 Å². The summed E-state index contributed by atoms with van der Waals surface area (Å²) in [6.45, 7) is 4.02. The summed E-state index contributed by atoms with van der Waals surface area (Å²) in [6, 6.07) is -0.495. The number of aryl methyl sites for hydroxylation is 1. The highest BCUT2D eigenvalue weighted by Gasteiger charge is 2.40. The van der Waals surface area contributed by atoms with Gasteiger partial charge in [0.2, 0.25) is 16.9 Å². The second kappa shape index (κ2) is 8.25.